The molecule has 0 bridgehead atoms. The molecule has 1 heterocycles. The molecule has 1 aromatic heterocycles. The number of ether oxygens (including phenoxy) is 3. The first-order chi connectivity index (χ1) is 8.77. The molecule has 1 aromatic rings. The molecule has 0 atom stereocenters. The lowest BCUT2D eigenvalue weighted by molar-refractivity contribution is 0.0642. The maximum absolute atomic E-state index is 5.89. The minimum Gasteiger partial charge on any atom is -0.478 e. The third-order valence-electron chi connectivity index (χ3n) is 2.17. The summed E-state index contributed by atoms with van der Waals surface area (Å²) in [7, 11) is 1.65. The lowest BCUT2D eigenvalue weighted by Gasteiger charge is -2.07. The van der Waals surface area contributed by atoms with Gasteiger partial charge in [0.15, 0.2) is 0 Å². The van der Waals surface area contributed by atoms with Crippen molar-refractivity contribution < 1.29 is 14.2 Å². The van der Waals surface area contributed by atoms with E-state index in [1.54, 1.807) is 19.4 Å². The van der Waals surface area contributed by atoms with E-state index in [-0.39, 0.29) is 0 Å². The van der Waals surface area contributed by atoms with Crippen molar-refractivity contribution in [3.05, 3.63) is 22.8 Å². The predicted octanol–water partition coefficient (Wildman–Crippen LogP) is 2.91. The van der Waals surface area contributed by atoms with Gasteiger partial charge in [0, 0.05) is 38.3 Å². The number of alkyl halides is 1. The Morgan fingerprint density at radius 1 is 1.22 bits per heavy atom. The molecule has 1 rings (SSSR count). The van der Waals surface area contributed by atoms with Crippen LogP contribution in [-0.2, 0) is 15.4 Å². The van der Waals surface area contributed by atoms with Gasteiger partial charge in [0.05, 0.1) is 24.8 Å². The van der Waals surface area contributed by atoms with Crippen LogP contribution in [0.15, 0.2) is 12.3 Å². The maximum atomic E-state index is 5.89. The minimum absolute atomic E-state index is 0.345. The first-order valence-electron chi connectivity index (χ1n) is 5.67. The van der Waals surface area contributed by atoms with E-state index in [1.165, 1.54) is 0 Å². The van der Waals surface area contributed by atoms with Gasteiger partial charge in [0.25, 0.3) is 0 Å². The molecule has 102 valence electrons. The standard InChI is InChI=1S/C12H17Cl2NO3/c1-16-5-6-17-3-2-4-18-12-7-10(8-13)11(14)9-15-12/h7,9H,2-6,8H2,1H3. The second-order valence-electron chi connectivity index (χ2n) is 3.55. The van der Waals surface area contributed by atoms with Crippen molar-refractivity contribution in [2.24, 2.45) is 0 Å². The summed E-state index contributed by atoms with van der Waals surface area (Å²) in [6, 6.07) is 1.75. The predicted molar refractivity (Wildman–Crippen MR) is 71.6 cm³/mol. The molecule has 0 radical (unpaired) electrons. The van der Waals surface area contributed by atoms with Crippen molar-refractivity contribution in [1.29, 1.82) is 0 Å². The van der Waals surface area contributed by atoms with Gasteiger partial charge in [0.1, 0.15) is 0 Å². The van der Waals surface area contributed by atoms with Gasteiger partial charge >= 0.3 is 0 Å². The fraction of sp³-hybridized carbons (Fsp3) is 0.583. The molecule has 0 fully saturated rings. The van der Waals surface area contributed by atoms with Crippen molar-refractivity contribution in [3.8, 4) is 5.88 Å². The van der Waals surface area contributed by atoms with Crippen LogP contribution in [0.4, 0.5) is 0 Å². The van der Waals surface area contributed by atoms with Crippen LogP contribution in [0, 0.1) is 0 Å². The normalized spacial score (nSPS) is 10.6. The molecule has 0 saturated carbocycles. The molecule has 0 unspecified atom stereocenters. The molecule has 4 nitrogen and oxygen atoms in total. The number of hydrogen-bond donors (Lipinski definition) is 0. The molecule has 0 aliphatic rings. The summed E-state index contributed by atoms with van der Waals surface area (Å²) < 4.78 is 15.6. The third kappa shape index (κ3) is 5.87. The third-order valence-corrected chi connectivity index (χ3v) is 2.80. The van der Waals surface area contributed by atoms with Gasteiger partial charge in [-0.25, -0.2) is 4.98 Å². The molecule has 0 aliphatic carbocycles. The molecular formula is C12H17Cl2NO3. The van der Waals surface area contributed by atoms with Crippen LogP contribution in [0.1, 0.15) is 12.0 Å². The highest BCUT2D eigenvalue weighted by Gasteiger charge is 2.03. The zero-order chi connectivity index (χ0) is 13.2. The Kier molecular flexibility index (Phi) is 8.09. The highest BCUT2D eigenvalue weighted by molar-refractivity contribution is 6.32. The van der Waals surface area contributed by atoms with E-state index in [0.717, 1.165) is 12.0 Å². The van der Waals surface area contributed by atoms with E-state index in [9.17, 15) is 0 Å². The Labute approximate surface area is 117 Å². The highest BCUT2D eigenvalue weighted by atomic mass is 35.5. The topological polar surface area (TPSA) is 40.6 Å². The monoisotopic (exact) mass is 293 g/mol. The lowest BCUT2D eigenvalue weighted by Crippen LogP contribution is -2.07. The van der Waals surface area contributed by atoms with E-state index in [0.29, 0.717) is 43.2 Å². The summed E-state index contributed by atoms with van der Waals surface area (Å²) in [5, 5.41) is 0.556. The Morgan fingerprint density at radius 2 is 2.06 bits per heavy atom. The minimum atomic E-state index is 0.345. The van der Waals surface area contributed by atoms with Crippen molar-refractivity contribution >= 4 is 23.2 Å². The Balaban J connectivity index is 2.19. The summed E-state index contributed by atoms with van der Waals surface area (Å²) in [5.41, 5.74) is 0.819. The summed E-state index contributed by atoms with van der Waals surface area (Å²) in [6.45, 7) is 2.40. The molecule has 0 N–H and O–H groups in total. The van der Waals surface area contributed by atoms with Crippen molar-refractivity contribution in [3.63, 3.8) is 0 Å². The zero-order valence-corrected chi connectivity index (χ0v) is 11.8. The maximum Gasteiger partial charge on any atom is 0.213 e. The van der Waals surface area contributed by atoms with Crippen LogP contribution in [0.2, 0.25) is 5.02 Å². The molecule has 0 amide bonds. The first-order valence-corrected chi connectivity index (χ1v) is 6.59. The Hall–Kier alpha value is -0.550. The fourth-order valence-electron chi connectivity index (χ4n) is 1.22. The largest absolute Gasteiger partial charge is 0.478 e. The van der Waals surface area contributed by atoms with E-state index in [2.05, 4.69) is 4.98 Å². The fourth-order valence-corrected chi connectivity index (χ4v) is 1.68. The molecule has 0 spiro atoms. The summed E-state index contributed by atoms with van der Waals surface area (Å²) in [4.78, 5) is 4.06. The zero-order valence-electron chi connectivity index (χ0n) is 10.3. The van der Waals surface area contributed by atoms with Gasteiger partial charge in [-0.05, 0) is 5.56 Å². The van der Waals surface area contributed by atoms with Crippen molar-refractivity contribution in [1.82, 2.24) is 4.98 Å². The SMILES string of the molecule is COCCOCCCOc1cc(CCl)c(Cl)cn1. The summed E-state index contributed by atoms with van der Waals surface area (Å²) >= 11 is 11.6. The number of methoxy groups -OCH3 is 1. The quantitative estimate of drug-likeness (QED) is 0.518. The van der Waals surface area contributed by atoms with E-state index < -0.39 is 0 Å². The molecule has 0 aliphatic heterocycles. The highest BCUT2D eigenvalue weighted by Crippen LogP contribution is 2.20. The van der Waals surface area contributed by atoms with Gasteiger partial charge in [-0.15, -0.1) is 11.6 Å². The van der Waals surface area contributed by atoms with Crippen LogP contribution in [-0.4, -0.2) is 38.5 Å². The van der Waals surface area contributed by atoms with Gasteiger partial charge < -0.3 is 14.2 Å². The average molecular weight is 294 g/mol. The van der Waals surface area contributed by atoms with E-state index >= 15 is 0 Å². The Bertz CT molecular complexity index is 350. The number of halogens is 2. The summed E-state index contributed by atoms with van der Waals surface area (Å²) in [5.74, 6) is 0.879. The Morgan fingerprint density at radius 3 is 2.78 bits per heavy atom. The first kappa shape index (κ1) is 15.5. The van der Waals surface area contributed by atoms with E-state index in [1.807, 2.05) is 0 Å². The van der Waals surface area contributed by atoms with Gasteiger partial charge in [0.2, 0.25) is 5.88 Å². The van der Waals surface area contributed by atoms with Crippen LogP contribution >= 0.6 is 23.2 Å². The average Bonchev–Trinajstić information content (AvgIpc) is 2.39. The molecule has 0 saturated heterocycles. The van der Waals surface area contributed by atoms with Crippen LogP contribution in [0.3, 0.4) is 0 Å². The smallest absolute Gasteiger partial charge is 0.213 e. The number of rotatable bonds is 9. The molecule has 6 heteroatoms. The molecule has 18 heavy (non-hydrogen) atoms. The second kappa shape index (κ2) is 9.39. The van der Waals surface area contributed by atoms with Crippen molar-refractivity contribution in [2.45, 2.75) is 12.3 Å². The molecular weight excluding hydrogens is 277 g/mol. The van der Waals surface area contributed by atoms with Crippen LogP contribution in [0.25, 0.3) is 0 Å². The molecule has 0 aromatic carbocycles. The van der Waals surface area contributed by atoms with E-state index in [4.69, 9.17) is 37.4 Å². The number of pyridine rings is 1. The van der Waals surface area contributed by atoms with Crippen LogP contribution < -0.4 is 4.74 Å². The second-order valence-corrected chi connectivity index (χ2v) is 4.23. The van der Waals surface area contributed by atoms with Gasteiger partial charge in [-0.3, -0.25) is 0 Å². The lowest BCUT2D eigenvalue weighted by atomic mass is 10.3. The van der Waals surface area contributed by atoms with Gasteiger partial charge in [-0.2, -0.15) is 0 Å². The van der Waals surface area contributed by atoms with Crippen molar-refractivity contribution in [2.75, 3.05) is 33.5 Å². The number of nitrogens with zero attached hydrogens (tertiary/aromatic N) is 1. The number of hydrogen-bond acceptors (Lipinski definition) is 4. The van der Waals surface area contributed by atoms with Crippen LogP contribution in [0.5, 0.6) is 5.88 Å². The summed E-state index contributed by atoms with van der Waals surface area (Å²) in [6.07, 6.45) is 2.34. The van der Waals surface area contributed by atoms with Gasteiger partial charge in [-0.1, -0.05) is 11.6 Å². The number of aromatic nitrogens is 1.